The molecular formula is C17H17Br2NO2S. The van der Waals surface area contributed by atoms with E-state index in [1.807, 2.05) is 12.1 Å². The second-order valence-electron chi connectivity index (χ2n) is 5.77. The number of hydrogen-bond acceptors (Lipinski definition) is 3. The van der Waals surface area contributed by atoms with Crippen LogP contribution >= 0.6 is 43.2 Å². The molecule has 2 unspecified atom stereocenters. The number of thiophene rings is 1. The van der Waals surface area contributed by atoms with Gasteiger partial charge in [-0.3, -0.25) is 9.69 Å². The largest absolute Gasteiger partial charge is 0.481 e. The third-order valence-corrected chi connectivity index (χ3v) is 6.36. The minimum Gasteiger partial charge on any atom is -0.481 e. The molecule has 0 aliphatic carbocycles. The van der Waals surface area contributed by atoms with Crippen LogP contribution in [0.3, 0.4) is 0 Å². The van der Waals surface area contributed by atoms with Crippen LogP contribution < -0.4 is 0 Å². The number of piperidine rings is 1. The summed E-state index contributed by atoms with van der Waals surface area (Å²) < 4.78 is 2.14. The summed E-state index contributed by atoms with van der Waals surface area (Å²) in [5.74, 6) is -0.961. The van der Waals surface area contributed by atoms with Crippen LogP contribution in [0, 0.1) is 5.92 Å². The van der Waals surface area contributed by atoms with Gasteiger partial charge in [-0.05, 0) is 65.1 Å². The fourth-order valence-electron chi connectivity index (χ4n) is 3.15. The van der Waals surface area contributed by atoms with Gasteiger partial charge in [-0.25, -0.2) is 0 Å². The normalized spacial score (nSPS) is 20.3. The molecule has 0 bridgehead atoms. The molecule has 2 aromatic rings. The molecule has 1 saturated heterocycles. The molecule has 1 aromatic carbocycles. The van der Waals surface area contributed by atoms with E-state index in [1.165, 1.54) is 10.4 Å². The van der Waals surface area contributed by atoms with Crippen molar-refractivity contribution in [2.24, 2.45) is 5.92 Å². The van der Waals surface area contributed by atoms with Crippen LogP contribution in [0.25, 0.3) is 0 Å². The summed E-state index contributed by atoms with van der Waals surface area (Å²) in [6, 6.07) is 12.6. The molecule has 1 aliphatic heterocycles. The third kappa shape index (κ3) is 4.05. The first-order chi connectivity index (χ1) is 11.0. The molecule has 0 spiro atoms. The number of carboxylic acid groups (broad SMARTS) is 1. The number of halogens is 2. The molecule has 122 valence electrons. The molecule has 23 heavy (non-hydrogen) atoms. The zero-order valence-electron chi connectivity index (χ0n) is 12.4. The predicted octanol–water partition coefficient (Wildman–Crippen LogP) is 5.16. The van der Waals surface area contributed by atoms with E-state index in [2.05, 4.69) is 61.0 Å². The first-order valence-electron chi connectivity index (χ1n) is 7.52. The highest BCUT2D eigenvalue weighted by atomic mass is 79.9. The number of nitrogens with zero attached hydrogens (tertiary/aromatic N) is 1. The quantitative estimate of drug-likeness (QED) is 0.687. The second kappa shape index (κ2) is 7.47. The maximum absolute atomic E-state index is 11.4. The summed E-state index contributed by atoms with van der Waals surface area (Å²) in [4.78, 5) is 15.0. The first-order valence-corrected chi connectivity index (χ1v) is 9.92. The lowest BCUT2D eigenvalue weighted by Crippen LogP contribution is -2.41. The summed E-state index contributed by atoms with van der Waals surface area (Å²) in [5.41, 5.74) is 1.19. The lowest BCUT2D eigenvalue weighted by molar-refractivity contribution is -0.143. The van der Waals surface area contributed by atoms with Gasteiger partial charge in [0.15, 0.2) is 0 Å². The molecular weight excluding hydrogens is 442 g/mol. The number of aliphatic carboxylic acids is 1. The highest BCUT2D eigenvalue weighted by molar-refractivity contribution is 9.11. The van der Waals surface area contributed by atoms with Crippen LogP contribution in [0.2, 0.25) is 0 Å². The molecule has 1 N–H and O–H groups in total. The van der Waals surface area contributed by atoms with Gasteiger partial charge in [-0.15, -0.1) is 11.3 Å². The SMILES string of the molecule is O=C(O)C1CCCN(C(c2cccc(Br)c2)c2ccc(Br)s2)C1. The van der Waals surface area contributed by atoms with Crippen molar-refractivity contribution in [1.82, 2.24) is 4.90 Å². The molecule has 1 aromatic heterocycles. The van der Waals surface area contributed by atoms with Crippen molar-refractivity contribution < 1.29 is 9.90 Å². The number of carboxylic acids is 1. The Labute approximate surface area is 156 Å². The molecule has 0 amide bonds. The van der Waals surface area contributed by atoms with E-state index < -0.39 is 5.97 Å². The molecule has 6 heteroatoms. The predicted molar refractivity (Wildman–Crippen MR) is 99.9 cm³/mol. The lowest BCUT2D eigenvalue weighted by atomic mass is 9.94. The molecule has 2 atom stereocenters. The standard InChI is InChI=1S/C17H17Br2NO2S/c18-13-5-1-3-11(9-13)16(14-6-7-15(19)23-14)20-8-2-4-12(10-20)17(21)22/h1,3,5-7,9,12,16H,2,4,8,10H2,(H,21,22). The number of carbonyl (C=O) groups is 1. The van der Waals surface area contributed by atoms with Crippen LogP contribution in [0.1, 0.15) is 29.3 Å². The molecule has 1 aliphatic rings. The minimum atomic E-state index is -0.685. The average molecular weight is 459 g/mol. The number of benzene rings is 1. The van der Waals surface area contributed by atoms with Gasteiger partial charge >= 0.3 is 5.97 Å². The van der Waals surface area contributed by atoms with Crippen molar-refractivity contribution in [3.05, 3.63) is 55.1 Å². The molecule has 2 heterocycles. The molecule has 0 saturated carbocycles. The van der Waals surface area contributed by atoms with Crippen molar-refractivity contribution in [3.8, 4) is 0 Å². The van der Waals surface area contributed by atoms with Crippen molar-refractivity contribution in [3.63, 3.8) is 0 Å². The second-order valence-corrected chi connectivity index (χ2v) is 9.18. The topological polar surface area (TPSA) is 40.5 Å². The Morgan fingerprint density at radius 2 is 2.13 bits per heavy atom. The highest BCUT2D eigenvalue weighted by Crippen LogP contribution is 2.38. The highest BCUT2D eigenvalue weighted by Gasteiger charge is 2.32. The molecule has 3 rings (SSSR count). The summed E-state index contributed by atoms with van der Waals surface area (Å²) >= 11 is 8.80. The van der Waals surface area contributed by atoms with E-state index in [1.54, 1.807) is 11.3 Å². The Kier molecular flexibility index (Phi) is 5.57. The van der Waals surface area contributed by atoms with Crippen molar-refractivity contribution >= 4 is 49.2 Å². The number of likely N-dealkylation sites (tertiary alicyclic amines) is 1. The molecule has 3 nitrogen and oxygen atoms in total. The van der Waals surface area contributed by atoms with Crippen LogP contribution in [-0.4, -0.2) is 29.1 Å². The van der Waals surface area contributed by atoms with Gasteiger partial charge in [0.2, 0.25) is 0 Å². The van der Waals surface area contributed by atoms with Crippen LogP contribution in [0.4, 0.5) is 0 Å². The summed E-state index contributed by atoms with van der Waals surface area (Å²) in [6.45, 7) is 1.53. The van der Waals surface area contributed by atoms with E-state index in [-0.39, 0.29) is 12.0 Å². The van der Waals surface area contributed by atoms with E-state index in [9.17, 15) is 9.90 Å². The fourth-order valence-corrected chi connectivity index (χ4v) is 5.15. The van der Waals surface area contributed by atoms with Crippen LogP contribution in [-0.2, 0) is 4.79 Å². The molecule has 0 radical (unpaired) electrons. The van der Waals surface area contributed by atoms with E-state index >= 15 is 0 Å². The van der Waals surface area contributed by atoms with Gasteiger partial charge in [0, 0.05) is 15.9 Å². The third-order valence-electron chi connectivity index (χ3n) is 4.20. The summed E-state index contributed by atoms with van der Waals surface area (Å²) in [7, 11) is 0. The maximum atomic E-state index is 11.4. The number of rotatable bonds is 4. The van der Waals surface area contributed by atoms with Crippen LogP contribution in [0.15, 0.2) is 44.7 Å². The Morgan fingerprint density at radius 3 is 2.78 bits per heavy atom. The van der Waals surface area contributed by atoms with Gasteiger partial charge in [0.1, 0.15) is 0 Å². The Bertz CT molecular complexity index is 703. The van der Waals surface area contributed by atoms with Crippen molar-refractivity contribution in [2.45, 2.75) is 18.9 Å². The number of hydrogen-bond donors (Lipinski definition) is 1. The van der Waals surface area contributed by atoms with Crippen LogP contribution in [0.5, 0.6) is 0 Å². The van der Waals surface area contributed by atoms with Crippen molar-refractivity contribution in [2.75, 3.05) is 13.1 Å². The van der Waals surface area contributed by atoms with Crippen molar-refractivity contribution in [1.29, 1.82) is 0 Å². The zero-order chi connectivity index (χ0) is 16.4. The first kappa shape index (κ1) is 17.1. The van der Waals surface area contributed by atoms with Gasteiger partial charge < -0.3 is 5.11 Å². The van der Waals surface area contributed by atoms with E-state index in [0.29, 0.717) is 6.54 Å². The summed E-state index contributed by atoms with van der Waals surface area (Å²) in [6.07, 6.45) is 1.69. The molecule has 1 fully saturated rings. The van der Waals surface area contributed by atoms with Gasteiger partial charge in [-0.2, -0.15) is 0 Å². The van der Waals surface area contributed by atoms with E-state index in [0.717, 1.165) is 27.6 Å². The maximum Gasteiger partial charge on any atom is 0.307 e. The van der Waals surface area contributed by atoms with Gasteiger partial charge in [0.25, 0.3) is 0 Å². The fraction of sp³-hybridized carbons (Fsp3) is 0.353. The van der Waals surface area contributed by atoms with Gasteiger partial charge in [0.05, 0.1) is 15.7 Å². The summed E-state index contributed by atoms with van der Waals surface area (Å²) in [5, 5.41) is 9.39. The monoisotopic (exact) mass is 457 g/mol. The van der Waals surface area contributed by atoms with E-state index in [4.69, 9.17) is 0 Å². The minimum absolute atomic E-state index is 0.103. The van der Waals surface area contributed by atoms with Gasteiger partial charge in [-0.1, -0.05) is 28.1 Å². The Morgan fingerprint density at radius 1 is 1.30 bits per heavy atom. The zero-order valence-corrected chi connectivity index (χ0v) is 16.4. The Hall–Kier alpha value is -0.690. The smallest absolute Gasteiger partial charge is 0.307 e. The Balaban J connectivity index is 1.96. The lowest BCUT2D eigenvalue weighted by Gasteiger charge is -2.37. The average Bonchev–Trinajstić information content (AvgIpc) is 2.94.